The summed E-state index contributed by atoms with van der Waals surface area (Å²) in [5.41, 5.74) is 6.43. The van der Waals surface area contributed by atoms with Crippen LogP contribution in [0.15, 0.2) is 22.8 Å². The first-order valence-corrected chi connectivity index (χ1v) is 7.72. The Kier molecular flexibility index (Phi) is 6.23. The van der Waals surface area contributed by atoms with Gasteiger partial charge in [-0.05, 0) is 23.7 Å². The van der Waals surface area contributed by atoms with Crippen LogP contribution in [0.1, 0.15) is 11.5 Å². The zero-order valence-corrected chi connectivity index (χ0v) is 14.9. The third-order valence-electron chi connectivity index (χ3n) is 3.76. The van der Waals surface area contributed by atoms with Crippen molar-refractivity contribution in [2.24, 2.45) is 12.8 Å². The van der Waals surface area contributed by atoms with Gasteiger partial charge in [0.15, 0.2) is 5.82 Å². The lowest BCUT2D eigenvalue weighted by molar-refractivity contribution is 0.263. The average molecular weight is 390 g/mol. The first kappa shape index (κ1) is 19.5. The molecule has 0 amide bonds. The molecule has 0 unspecified atom stereocenters. The van der Waals surface area contributed by atoms with E-state index in [1.807, 2.05) is 0 Å². The molecule has 3 aromatic heterocycles. The molecule has 0 aliphatic heterocycles. The van der Waals surface area contributed by atoms with Crippen LogP contribution in [-0.4, -0.2) is 32.3 Å². The lowest BCUT2D eigenvalue weighted by Gasteiger charge is -2.08. The molecule has 0 fully saturated rings. The molecule has 136 valence electrons. The third kappa shape index (κ3) is 3.87. The van der Waals surface area contributed by atoms with E-state index >= 15 is 0 Å². The molecule has 25 heavy (non-hydrogen) atoms. The van der Waals surface area contributed by atoms with Crippen LogP contribution in [0.5, 0.6) is 0 Å². The van der Waals surface area contributed by atoms with Crippen molar-refractivity contribution in [2.45, 2.75) is 19.0 Å². The maximum Gasteiger partial charge on any atom is 0.226 e. The van der Waals surface area contributed by atoms with Crippen LogP contribution >= 0.6 is 24.0 Å². The summed E-state index contributed by atoms with van der Waals surface area (Å²) in [6.45, 7) is 0.0895. The van der Waals surface area contributed by atoms with E-state index in [2.05, 4.69) is 15.3 Å². The van der Waals surface area contributed by atoms with Crippen molar-refractivity contribution in [1.29, 1.82) is 0 Å². The summed E-state index contributed by atoms with van der Waals surface area (Å²) in [4.78, 5) is 8.19. The summed E-state index contributed by atoms with van der Waals surface area (Å²) in [5.74, 6) is 0.477. The fourth-order valence-corrected chi connectivity index (χ4v) is 2.70. The molecular formula is C15H18Cl2FN5O2. The van der Waals surface area contributed by atoms with Crippen molar-refractivity contribution in [3.05, 3.63) is 41.0 Å². The van der Waals surface area contributed by atoms with E-state index in [1.165, 1.54) is 0 Å². The van der Waals surface area contributed by atoms with Crippen molar-refractivity contribution < 1.29 is 13.9 Å². The minimum absolute atomic E-state index is 0. The second kappa shape index (κ2) is 8.01. The number of rotatable bonds is 6. The van der Waals surface area contributed by atoms with E-state index in [1.54, 1.807) is 30.0 Å². The highest BCUT2D eigenvalue weighted by Gasteiger charge is 2.22. The van der Waals surface area contributed by atoms with Gasteiger partial charge in [-0.1, -0.05) is 0 Å². The number of anilines is 1. The van der Waals surface area contributed by atoms with Gasteiger partial charge in [0.2, 0.25) is 5.28 Å². The first-order chi connectivity index (χ1) is 11.5. The smallest absolute Gasteiger partial charge is 0.226 e. The van der Waals surface area contributed by atoms with Gasteiger partial charge in [0.05, 0.1) is 30.5 Å². The molecule has 3 rings (SSSR count). The van der Waals surface area contributed by atoms with Gasteiger partial charge in [0, 0.05) is 19.5 Å². The second-order valence-electron chi connectivity index (χ2n) is 5.44. The Hall–Kier alpha value is -1.87. The van der Waals surface area contributed by atoms with Crippen LogP contribution in [0, 0.1) is 5.82 Å². The number of aromatic nitrogens is 3. The van der Waals surface area contributed by atoms with Crippen LogP contribution < -0.4 is 11.1 Å². The van der Waals surface area contributed by atoms with Gasteiger partial charge >= 0.3 is 0 Å². The Morgan fingerprint density at radius 1 is 1.48 bits per heavy atom. The van der Waals surface area contributed by atoms with Crippen LogP contribution in [0.25, 0.3) is 11.0 Å². The molecule has 1 atom stereocenters. The predicted molar refractivity (Wildman–Crippen MR) is 95.5 cm³/mol. The summed E-state index contributed by atoms with van der Waals surface area (Å²) in [6, 6.07) is 2.99. The predicted octanol–water partition coefficient (Wildman–Crippen LogP) is 2.25. The lowest BCUT2D eigenvalue weighted by Crippen LogP contribution is -2.28. The number of nitrogens with zero attached hydrogens (tertiary/aromatic N) is 3. The van der Waals surface area contributed by atoms with Crippen LogP contribution in [-0.2, 0) is 20.0 Å². The van der Waals surface area contributed by atoms with Gasteiger partial charge in [-0.25, -0.2) is 4.39 Å². The maximum absolute atomic E-state index is 14.9. The number of halogens is 3. The number of hydrogen-bond acceptors (Lipinski definition) is 6. The van der Waals surface area contributed by atoms with Crippen molar-refractivity contribution in [1.82, 2.24) is 14.5 Å². The molecule has 0 spiro atoms. The molecular weight excluding hydrogens is 372 g/mol. The molecule has 10 heteroatoms. The van der Waals surface area contributed by atoms with E-state index in [9.17, 15) is 4.39 Å². The van der Waals surface area contributed by atoms with Gasteiger partial charge in [-0.3, -0.25) is 0 Å². The Bertz CT molecular complexity index is 854. The van der Waals surface area contributed by atoms with E-state index < -0.39 is 11.9 Å². The largest absolute Gasteiger partial charge is 0.467 e. The van der Waals surface area contributed by atoms with E-state index in [0.717, 1.165) is 0 Å². The highest BCUT2D eigenvalue weighted by atomic mass is 35.5. The second-order valence-corrected chi connectivity index (χ2v) is 5.78. The number of nitrogens with two attached hydrogens (primary N) is 1. The topological polar surface area (TPSA) is 102 Å². The van der Waals surface area contributed by atoms with Gasteiger partial charge < -0.3 is 25.1 Å². The van der Waals surface area contributed by atoms with Crippen molar-refractivity contribution in [3.63, 3.8) is 0 Å². The Morgan fingerprint density at radius 3 is 2.88 bits per heavy atom. The van der Waals surface area contributed by atoms with Crippen LogP contribution in [0.2, 0.25) is 5.28 Å². The fraction of sp³-hybridized carbons (Fsp3) is 0.333. The standard InChI is InChI=1S/C15H17ClFN5O2.ClH/c1-22-10(5-8(18)7-23)12(17)11-13(20-15(16)21-14(11)22)19-6-9-3-2-4-24-9;/h2-4,8,23H,5-7,18H2,1H3,(H,19,20,21);1H/t8-;/m1./s1. The molecule has 0 aromatic carbocycles. The lowest BCUT2D eigenvalue weighted by atomic mass is 10.1. The number of aliphatic hydroxyl groups is 1. The molecule has 0 bridgehead atoms. The Balaban J connectivity index is 0.00000225. The van der Waals surface area contributed by atoms with Crippen LogP contribution in [0.4, 0.5) is 10.2 Å². The zero-order chi connectivity index (χ0) is 17.3. The average Bonchev–Trinajstić information content (AvgIpc) is 3.16. The number of nitrogens with one attached hydrogen (secondary N) is 1. The number of hydrogen-bond donors (Lipinski definition) is 3. The normalized spacial score (nSPS) is 12.2. The van der Waals surface area contributed by atoms with E-state index in [0.29, 0.717) is 23.6 Å². The van der Waals surface area contributed by atoms with Gasteiger partial charge in [0.25, 0.3) is 0 Å². The summed E-state index contributed by atoms with van der Waals surface area (Å²) >= 11 is 5.96. The van der Waals surface area contributed by atoms with Gasteiger partial charge in [-0.2, -0.15) is 9.97 Å². The summed E-state index contributed by atoms with van der Waals surface area (Å²) in [5, 5.41) is 12.4. The quantitative estimate of drug-likeness (QED) is 0.558. The highest BCUT2D eigenvalue weighted by molar-refractivity contribution is 6.28. The minimum atomic E-state index is -0.564. The van der Waals surface area contributed by atoms with E-state index in [-0.39, 0.29) is 41.9 Å². The number of aliphatic hydroxyl groups excluding tert-OH is 1. The van der Waals surface area contributed by atoms with Crippen molar-refractivity contribution >= 4 is 40.9 Å². The molecule has 0 radical (unpaired) electrons. The van der Waals surface area contributed by atoms with E-state index in [4.69, 9.17) is 26.9 Å². The Labute approximate surface area is 154 Å². The number of furan rings is 1. The summed E-state index contributed by atoms with van der Waals surface area (Å²) in [7, 11) is 1.67. The molecule has 7 nitrogen and oxygen atoms in total. The van der Waals surface area contributed by atoms with Gasteiger partial charge in [0.1, 0.15) is 17.2 Å². The zero-order valence-electron chi connectivity index (χ0n) is 13.4. The van der Waals surface area contributed by atoms with Crippen LogP contribution in [0.3, 0.4) is 0 Å². The maximum atomic E-state index is 14.9. The molecule has 0 aliphatic rings. The summed E-state index contributed by atoms with van der Waals surface area (Å²) in [6.07, 6.45) is 1.72. The minimum Gasteiger partial charge on any atom is -0.467 e. The molecule has 0 aliphatic carbocycles. The molecule has 0 saturated heterocycles. The monoisotopic (exact) mass is 389 g/mol. The third-order valence-corrected chi connectivity index (χ3v) is 3.93. The number of aryl methyl sites for hydroxylation is 1. The summed E-state index contributed by atoms with van der Waals surface area (Å²) < 4.78 is 21.7. The number of fused-ring (bicyclic) bond motifs is 1. The highest BCUT2D eigenvalue weighted by Crippen LogP contribution is 2.30. The Morgan fingerprint density at radius 2 is 2.24 bits per heavy atom. The van der Waals surface area contributed by atoms with Gasteiger partial charge in [-0.15, -0.1) is 12.4 Å². The molecule has 3 aromatic rings. The first-order valence-electron chi connectivity index (χ1n) is 7.34. The SMILES string of the molecule is Cl.Cn1c(C[C@@H](N)CO)c(F)c2c(NCc3ccco3)nc(Cl)nc21. The molecule has 0 saturated carbocycles. The van der Waals surface area contributed by atoms with Crippen molar-refractivity contribution in [2.75, 3.05) is 11.9 Å². The van der Waals surface area contributed by atoms with Crippen molar-refractivity contribution in [3.8, 4) is 0 Å². The molecule has 4 N–H and O–H groups in total. The molecule has 3 heterocycles. The fourth-order valence-electron chi connectivity index (χ4n) is 2.54.